The molecule has 1 aromatic carbocycles. The molecule has 0 saturated heterocycles. The van der Waals surface area contributed by atoms with Gasteiger partial charge in [0.2, 0.25) is 0 Å². The zero-order valence-electron chi connectivity index (χ0n) is 10.9. The van der Waals surface area contributed by atoms with Crippen LogP contribution in [0.3, 0.4) is 0 Å². The number of benzene rings is 1. The molecule has 20 heavy (non-hydrogen) atoms. The summed E-state index contributed by atoms with van der Waals surface area (Å²) in [5, 5.41) is 15.4. The molecule has 6 heteroatoms. The van der Waals surface area contributed by atoms with Crippen LogP contribution in [0.1, 0.15) is 17.4 Å². The van der Waals surface area contributed by atoms with Crippen LogP contribution >= 0.6 is 11.6 Å². The highest BCUT2D eigenvalue weighted by Gasteiger charge is 2.12. The molecule has 1 aromatic heterocycles. The first kappa shape index (κ1) is 14.4. The maximum atomic E-state index is 11.7. The van der Waals surface area contributed by atoms with Crippen LogP contribution in [0.4, 0.5) is 10.5 Å². The van der Waals surface area contributed by atoms with Gasteiger partial charge in [-0.2, -0.15) is 0 Å². The maximum absolute atomic E-state index is 11.7. The van der Waals surface area contributed by atoms with Crippen molar-refractivity contribution >= 4 is 23.3 Å². The van der Waals surface area contributed by atoms with Crippen molar-refractivity contribution in [3.63, 3.8) is 0 Å². The van der Waals surface area contributed by atoms with Gasteiger partial charge in [0, 0.05) is 0 Å². The molecule has 2 aromatic rings. The predicted molar refractivity (Wildman–Crippen MR) is 76.9 cm³/mol. The number of aliphatic hydroxyl groups is 1. The van der Waals surface area contributed by atoms with Crippen molar-refractivity contribution in [3.05, 3.63) is 52.9 Å². The van der Waals surface area contributed by atoms with Gasteiger partial charge in [-0.3, -0.25) is 0 Å². The third-order valence-corrected chi connectivity index (χ3v) is 3.01. The number of amides is 2. The quantitative estimate of drug-likeness (QED) is 0.811. The Balaban J connectivity index is 1.86. The molecule has 0 aliphatic heterocycles. The van der Waals surface area contributed by atoms with Gasteiger partial charge in [-0.1, -0.05) is 17.7 Å². The highest BCUT2D eigenvalue weighted by Crippen LogP contribution is 2.22. The zero-order valence-corrected chi connectivity index (χ0v) is 11.6. The average Bonchev–Trinajstić information content (AvgIpc) is 2.93. The Kier molecular flexibility index (Phi) is 4.65. The van der Waals surface area contributed by atoms with Gasteiger partial charge in [-0.05, 0) is 36.8 Å². The monoisotopic (exact) mass is 294 g/mol. The summed E-state index contributed by atoms with van der Waals surface area (Å²) in [5.41, 5.74) is 1.52. The van der Waals surface area contributed by atoms with Crippen molar-refractivity contribution in [2.24, 2.45) is 0 Å². The van der Waals surface area contributed by atoms with Gasteiger partial charge in [-0.15, -0.1) is 0 Å². The fourth-order valence-corrected chi connectivity index (χ4v) is 1.94. The standard InChI is InChI=1S/C14H15ClN2O3/c1-9-4-5-11(10(15)7-9)17-14(19)16-8-12(18)13-3-2-6-20-13/h2-7,12,18H,8H2,1H3,(H2,16,17,19). The number of aliphatic hydroxyl groups excluding tert-OH is 1. The minimum atomic E-state index is -0.885. The number of carbonyl (C=O) groups excluding carboxylic acids is 1. The van der Waals surface area contributed by atoms with E-state index in [1.165, 1.54) is 6.26 Å². The molecule has 0 aliphatic carbocycles. The largest absolute Gasteiger partial charge is 0.467 e. The Bertz CT molecular complexity index is 584. The lowest BCUT2D eigenvalue weighted by molar-refractivity contribution is 0.149. The third kappa shape index (κ3) is 3.76. The van der Waals surface area contributed by atoms with E-state index in [1.54, 1.807) is 24.3 Å². The smallest absolute Gasteiger partial charge is 0.319 e. The van der Waals surface area contributed by atoms with Crippen LogP contribution in [0.2, 0.25) is 5.02 Å². The Hall–Kier alpha value is -1.98. The number of aryl methyl sites for hydroxylation is 1. The van der Waals surface area contributed by atoms with Gasteiger partial charge in [0.15, 0.2) is 0 Å². The van der Waals surface area contributed by atoms with Gasteiger partial charge >= 0.3 is 6.03 Å². The molecule has 0 aliphatic rings. The minimum Gasteiger partial charge on any atom is -0.467 e. The molecule has 2 amide bonds. The number of anilines is 1. The van der Waals surface area contributed by atoms with Crippen molar-refractivity contribution in [2.75, 3.05) is 11.9 Å². The minimum absolute atomic E-state index is 0.0445. The van der Waals surface area contributed by atoms with Crippen molar-refractivity contribution in [2.45, 2.75) is 13.0 Å². The average molecular weight is 295 g/mol. The Morgan fingerprint density at radius 1 is 1.45 bits per heavy atom. The van der Waals surface area contributed by atoms with Gasteiger partial charge < -0.3 is 20.2 Å². The Labute approximate surface area is 121 Å². The van der Waals surface area contributed by atoms with E-state index in [9.17, 15) is 9.90 Å². The molecule has 0 radical (unpaired) electrons. The maximum Gasteiger partial charge on any atom is 0.319 e. The van der Waals surface area contributed by atoms with Crippen molar-refractivity contribution < 1.29 is 14.3 Å². The first-order chi connectivity index (χ1) is 9.56. The SMILES string of the molecule is Cc1ccc(NC(=O)NCC(O)c2ccco2)c(Cl)c1. The molecule has 0 saturated carbocycles. The summed E-state index contributed by atoms with van der Waals surface area (Å²) < 4.78 is 5.04. The van der Waals surface area contributed by atoms with Crippen LogP contribution in [0.5, 0.6) is 0 Å². The van der Waals surface area contributed by atoms with E-state index < -0.39 is 12.1 Å². The highest BCUT2D eigenvalue weighted by atomic mass is 35.5. The summed E-state index contributed by atoms with van der Waals surface area (Å²) in [5.74, 6) is 0.402. The lowest BCUT2D eigenvalue weighted by atomic mass is 10.2. The van der Waals surface area contributed by atoms with Gasteiger partial charge in [0.05, 0.1) is 23.5 Å². The van der Waals surface area contributed by atoms with E-state index in [0.717, 1.165) is 5.56 Å². The third-order valence-electron chi connectivity index (χ3n) is 2.70. The molecular weight excluding hydrogens is 280 g/mol. The second-order valence-corrected chi connectivity index (χ2v) is 4.76. The summed E-state index contributed by atoms with van der Waals surface area (Å²) in [6.07, 6.45) is 0.578. The lowest BCUT2D eigenvalue weighted by Crippen LogP contribution is -2.32. The molecule has 0 bridgehead atoms. The van der Waals surface area contributed by atoms with E-state index in [4.69, 9.17) is 16.0 Å². The molecule has 1 unspecified atom stereocenters. The summed E-state index contributed by atoms with van der Waals surface area (Å²) >= 11 is 6.01. The highest BCUT2D eigenvalue weighted by molar-refractivity contribution is 6.33. The van der Waals surface area contributed by atoms with E-state index in [1.807, 2.05) is 13.0 Å². The van der Waals surface area contributed by atoms with Crippen molar-refractivity contribution in [1.82, 2.24) is 5.32 Å². The van der Waals surface area contributed by atoms with E-state index >= 15 is 0 Å². The Morgan fingerprint density at radius 2 is 2.25 bits per heavy atom. The predicted octanol–water partition coefficient (Wildman–Crippen LogP) is 3.10. The fraction of sp³-hybridized carbons (Fsp3) is 0.214. The molecule has 106 valence electrons. The van der Waals surface area contributed by atoms with Gasteiger partial charge in [-0.25, -0.2) is 4.79 Å². The molecule has 5 nitrogen and oxygen atoms in total. The van der Waals surface area contributed by atoms with E-state index in [0.29, 0.717) is 16.5 Å². The Morgan fingerprint density at radius 3 is 2.90 bits per heavy atom. The van der Waals surface area contributed by atoms with E-state index in [-0.39, 0.29) is 6.54 Å². The number of halogens is 1. The molecule has 1 atom stereocenters. The summed E-state index contributed by atoms with van der Waals surface area (Å²) in [7, 11) is 0. The van der Waals surface area contributed by atoms with Crippen molar-refractivity contribution in [1.29, 1.82) is 0 Å². The normalized spacial score (nSPS) is 11.9. The molecule has 1 heterocycles. The number of hydrogen-bond donors (Lipinski definition) is 3. The summed E-state index contributed by atoms with van der Waals surface area (Å²) in [6, 6.07) is 8.20. The van der Waals surface area contributed by atoms with Gasteiger partial charge in [0.1, 0.15) is 11.9 Å². The number of nitrogens with one attached hydrogen (secondary N) is 2. The zero-order chi connectivity index (χ0) is 14.5. The molecule has 0 fully saturated rings. The van der Waals surface area contributed by atoms with Crippen LogP contribution in [-0.2, 0) is 0 Å². The first-order valence-corrected chi connectivity index (χ1v) is 6.46. The molecule has 0 spiro atoms. The first-order valence-electron chi connectivity index (χ1n) is 6.08. The van der Waals surface area contributed by atoms with Crippen LogP contribution < -0.4 is 10.6 Å². The van der Waals surface area contributed by atoms with Crippen LogP contribution in [0.15, 0.2) is 41.0 Å². The van der Waals surface area contributed by atoms with Gasteiger partial charge in [0.25, 0.3) is 0 Å². The number of rotatable bonds is 4. The summed E-state index contributed by atoms with van der Waals surface area (Å²) in [6.45, 7) is 1.96. The number of hydrogen-bond acceptors (Lipinski definition) is 3. The number of furan rings is 1. The number of carbonyl (C=O) groups is 1. The van der Waals surface area contributed by atoms with Crippen LogP contribution in [0.25, 0.3) is 0 Å². The number of urea groups is 1. The second kappa shape index (κ2) is 6.45. The topological polar surface area (TPSA) is 74.5 Å². The molecular formula is C14H15ClN2O3. The molecule has 3 N–H and O–H groups in total. The molecule has 2 rings (SSSR count). The second-order valence-electron chi connectivity index (χ2n) is 4.35. The lowest BCUT2D eigenvalue weighted by Gasteiger charge is -2.11. The van der Waals surface area contributed by atoms with Crippen LogP contribution in [-0.4, -0.2) is 17.7 Å². The van der Waals surface area contributed by atoms with Crippen LogP contribution in [0, 0.1) is 6.92 Å². The summed E-state index contributed by atoms with van der Waals surface area (Å²) in [4.78, 5) is 11.7. The van der Waals surface area contributed by atoms with E-state index in [2.05, 4.69) is 10.6 Å². The fourth-order valence-electron chi connectivity index (χ4n) is 1.66. The van der Waals surface area contributed by atoms with Crippen molar-refractivity contribution in [3.8, 4) is 0 Å².